The van der Waals surface area contributed by atoms with Gasteiger partial charge in [-0.2, -0.15) is 0 Å². The number of hydrogen-bond donors (Lipinski definition) is 1. The number of methoxy groups -OCH3 is 1. The van der Waals surface area contributed by atoms with Crippen molar-refractivity contribution in [1.29, 1.82) is 0 Å². The molecule has 1 aliphatic heterocycles. The van der Waals surface area contributed by atoms with Crippen LogP contribution < -0.4 is 10.8 Å². The van der Waals surface area contributed by atoms with Gasteiger partial charge in [-0.05, 0) is 58.1 Å². The lowest BCUT2D eigenvalue weighted by molar-refractivity contribution is -0.140. The Morgan fingerprint density at radius 1 is 1.00 bits per heavy atom. The molecule has 1 amide bonds. The average Bonchev–Trinajstić information content (AvgIpc) is 2.85. The van der Waals surface area contributed by atoms with Crippen molar-refractivity contribution in [3.05, 3.63) is 24.3 Å². The fourth-order valence-electron chi connectivity index (χ4n) is 2.98. The topological polar surface area (TPSA) is 73.9 Å². The Kier molecular flexibility index (Phi) is 7.66. The number of nitrogens with one attached hydrogen (secondary N) is 1. The van der Waals surface area contributed by atoms with Gasteiger partial charge in [0.05, 0.1) is 18.3 Å². The first-order valence-electron chi connectivity index (χ1n) is 9.97. The van der Waals surface area contributed by atoms with E-state index in [0.29, 0.717) is 12.8 Å². The largest absolute Gasteiger partial charge is 0.494 e. The second kappa shape index (κ2) is 9.57. The number of unbranched alkanes of at least 4 members (excludes halogenated alkanes) is 3. The number of amides is 1. The zero-order chi connectivity index (χ0) is 20.8. The number of esters is 1. The van der Waals surface area contributed by atoms with Crippen LogP contribution in [0.1, 0.15) is 66.2 Å². The van der Waals surface area contributed by atoms with Crippen molar-refractivity contribution in [2.45, 2.75) is 77.4 Å². The van der Waals surface area contributed by atoms with Gasteiger partial charge in [-0.3, -0.25) is 9.59 Å². The highest BCUT2D eigenvalue weighted by molar-refractivity contribution is 6.62. The van der Waals surface area contributed by atoms with Crippen LogP contribution in [0.5, 0.6) is 0 Å². The molecule has 0 aliphatic carbocycles. The van der Waals surface area contributed by atoms with Crippen LogP contribution in [0.4, 0.5) is 5.69 Å². The van der Waals surface area contributed by atoms with Gasteiger partial charge in [0, 0.05) is 18.5 Å². The first-order valence-corrected chi connectivity index (χ1v) is 9.97. The molecule has 0 unspecified atom stereocenters. The lowest BCUT2D eigenvalue weighted by Crippen LogP contribution is -2.41. The molecular weight excluding hydrogens is 357 g/mol. The maximum atomic E-state index is 12.2. The van der Waals surface area contributed by atoms with Gasteiger partial charge in [0.1, 0.15) is 0 Å². The van der Waals surface area contributed by atoms with Crippen molar-refractivity contribution < 1.29 is 23.6 Å². The maximum absolute atomic E-state index is 12.2. The van der Waals surface area contributed by atoms with Crippen LogP contribution in [0, 0.1) is 0 Å². The van der Waals surface area contributed by atoms with Gasteiger partial charge in [0.15, 0.2) is 0 Å². The molecule has 1 aromatic carbocycles. The Hall–Kier alpha value is -1.86. The summed E-state index contributed by atoms with van der Waals surface area (Å²) in [6, 6.07) is 7.60. The van der Waals surface area contributed by atoms with Crippen LogP contribution in [-0.4, -0.2) is 37.3 Å². The summed E-state index contributed by atoms with van der Waals surface area (Å²) >= 11 is 0. The Morgan fingerprint density at radius 2 is 1.61 bits per heavy atom. The molecule has 1 N–H and O–H groups in total. The predicted molar refractivity (Wildman–Crippen MR) is 111 cm³/mol. The molecular formula is C21H32BNO5. The SMILES string of the molecule is COC(=O)CCCCCCC(=O)Nc1cccc(B2OC(C)(C)C(C)(C)O2)c1. The Balaban J connectivity index is 1.78. The van der Waals surface area contributed by atoms with E-state index in [9.17, 15) is 9.59 Å². The normalized spacial score (nSPS) is 17.4. The number of rotatable bonds is 9. The highest BCUT2D eigenvalue weighted by Crippen LogP contribution is 2.36. The molecule has 0 spiro atoms. The molecule has 1 aliphatic rings. The minimum Gasteiger partial charge on any atom is -0.469 e. The molecule has 6 nitrogen and oxygen atoms in total. The molecule has 1 saturated heterocycles. The van der Waals surface area contributed by atoms with E-state index < -0.39 is 18.3 Å². The molecule has 2 rings (SSSR count). The first kappa shape index (κ1) is 22.4. The van der Waals surface area contributed by atoms with E-state index in [2.05, 4.69) is 10.1 Å². The van der Waals surface area contributed by atoms with Crippen LogP contribution in [0.25, 0.3) is 0 Å². The second-order valence-corrected chi connectivity index (χ2v) is 8.25. The highest BCUT2D eigenvalue weighted by Gasteiger charge is 2.51. The molecule has 28 heavy (non-hydrogen) atoms. The van der Waals surface area contributed by atoms with Gasteiger partial charge in [0.2, 0.25) is 5.91 Å². The van der Waals surface area contributed by atoms with Crippen LogP contribution in [0.3, 0.4) is 0 Å². The summed E-state index contributed by atoms with van der Waals surface area (Å²) in [6.07, 6.45) is 4.32. The third kappa shape index (κ3) is 6.07. The number of hydrogen-bond acceptors (Lipinski definition) is 5. The molecule has 1 fully saturated rings. The smallest absolute Gasteiger partial charge is 0.469 e. The number of benzene rings is 1. The zero-order valence-electron chi connectivity index (χ0n) is 17.7. The molecule has 0 radical (unpaired) electrons. The molecule has 7 heteroatoms. The second-order valence-electron chi connectivity index (χ2n) is 8.25. The fraction of sp³-hybridized carbons (Fsp3) is 0.619. The first-order chi connectivity index (χ1) is 13.1. The molecule has 0 saturated carbocycles. The van der Waals surface area contributed by atoms with Gasteiger partial charge < -0.3 is 19.4 Å². The molecule has 0 aromatic heterocycles. The van der Waals surface area contributed by atoms with Crippen LogP contribution in [-0.2, 0) is 23.6 Å². The molecule has 154 valence electrons. The summed E-state index contributed by atoms with van der Waals surface area (Å²) in [4.78, 5) is 23.2. The van der Waals surface area contributed by atoms with Gasteiger partial charge in [0.25, 0.3) is 0 Å². The van der Waals surface area contributed by atoms with Crippen molar-refractivity contribution in [1.82, 2.24) is 0 Å². The lowest BCUT2D eigenvalue weighted by atomic mass is 9.79. The van der Waals surface area contributed by atoms with E-state index in [1.807, 2.05) is 52.0 Å². The van der Waals surface area contributed by atoms with E-state index in [1.165, 1.54) is 7.11 Å². The van der Waals surface area contributed by atoms with Gasteiger partial charge in [-0.25, -0.2) is 0 Å². The number of carbonyl (C=O) groups is 2. The van der Waals surface area contributed by atoms with Crippen LogP contribution >= 0.6 is 0 Å². The Morgan fingerprint density at radius 3 is 2.21 bits per heavy atom. The Labute approximate surface area is 168 Å². The monoisotopic (exact) mass is 389 g/mol. The maximum Gasteiger partial charge on any atom is 0.494 e. The molecule has 1 heterocycles. The molecule has 1 aromatic rings. The zero-order valence-corrected chi connectivity index (χ0v) is 17.7. The lowest BCUT2D eigenvalue weighted by Gasteiger charge is -2.32. The third-order valence-electron chi connectivity index (χ3n) is 5.46. The van der Waals surface area contributed by atoms with Gasteiger partial charge in [-0.1, -0.05) is 25.0 Å². The van der Waals surface area contributed by atoms with Crippen molar-refractivity contribution in [2.24, 2.45) is 0 Å². The van der Waals surface area contributed by atoms with Crippen molar-refractivity contribution in [3.8, 4) is 0 Å². The predicted octanol–water partition coefficient (Wildman–Crippen LogP) is 3.44. The van der Waals surface area contributed by atoms with E-state index in [4.69, 9.17) is 9.31 Å². The van der Waals surface area contributed by atoms with Crippen LogP contribution in [0.15, 0.2) is 24.3 Å². The van der Waals surface area contributed by atoms with E-state index in [1.54, 1.807) is 0 Å². The van der Waals surface area contributed by atoms with Crippen molar-refractivity contribution >= 4 is 30.1 Å². The van der Waals surface area contributed by atoms with Crippen LogP contribution in [0.2, 0.25) is 0 Å². The summed E-state index contributed by atoms with van der Waals surface area (Å²) in [5.41, 5.74) is 0.831. The van der Waals surface area contributed by atoms with E-state index in [0.717, 1.165) is 36.8 Å². The van der Waals surface area contributed by atoms with E-state index in [-0.39, 0.29) is 11.9 Å². The minimum absolute atomic E-state index is 0.0148. The standard InChI is InChI=1S/C21H32BNO5/c1-20(2)21(3,4)28-22(27-20)16-11-10-12-17(15-16)23-18(24)13-8-6-7-9-14-19(25)26-5/h10-12,15H,6-9,13-14H2,1-5H3,(H,23,24). The van der Waals surface area contributed by atoms with Crippen molar-refractivity contribution in [3.63, 3.8) is 0 Å². The van der Waals surface area contributed by atoms with Gasteiger partial charge in [-0.15, -0.1) is 0 Å². The summed E-state index contributed by atoms with van der Waals surface area (Å²) in [7, 11) is 0.950. The third-order valence-corrected chi connectivity index (χ3v) is 5.46. The molecule has 0 atom stereocenters. The summed E-state index contributed by atoms with van der Waals surface area (Å²) in [5.74, 6) is -0.196. The van der Waals surface area contributed by atoms with Gasteiger partial charge >= 0.3 is 13.1 Å². The highest BCUT2D eigenvalue weighted by atomic mass is 16.7. The minimum atomic E-state index is -0.448. The number of anilines is 1. The number of ether oxygens (including phenoxy) is 1. The van der Waals surface area contributed by atoms with Crippen molar-refractivity contribution in [2.75, 3.05) is 12.4 Å². The van der Waals surface area contributed by atoms with E-state index >= 15 is 0 Å². The summed E-state index contributed by atoms with van der Waals surface area (Å²) in [5, 5.41) is 2.94. The molecule has 0 bridgehead atoms. The quantitative estimate of drug-likeness (QED) is 0.398. The Bertz CT molecular complexity index is 673. The fourth-order valence-corrected chi connectivity index (χ4v) is 2.98. The average molecular weight is 389 g/mol. The summed E-state index contributed by atoms with van der Waals surface area (Å²) in [6.45, 7) is 8.07. The number of carbonyl (C=O) groups excluding carboxylic acids is 2. The summed E-state index contributed by atoms with van der Waals surface area (Å²) < 4.78 is 16.7.